The van der Waals surface area contributed by atoms with Crippen molar-refractivity contribution < 1.29 is 14.3 Å². The molecule has 1 aromatic heterocycles. The average molecular weight is 377 g/mol. The van der Waals surface area contributed by atoms with Gasteiger partial charge in [0.1, 0.15) is 5.75 Å². The molecule has 2 N–H and O–H groups in total. The van der Waals surface area contributed by atoms with E-state index >= 15 is 0 Å². The number of thioether (sulfide) groups is 1. The van der Waals surface area contributed by atoms with Crippen molar-refractivity contribution >= 4 is 23.7 Å². The van der Waals surface area contributed by atoms with Gasteiger partial charge in [0.15, 0.2) is 11.0 Å². The third-order valence-electron chi connectivity index (χ3n) is 3.58. The summed E-state index contributed by atoms with van der Waals surface area (Å²) in [6.45, 7) is 2.58. The van der Waals surface area contributed by atoms with E-state index in [1.807, 2.05) is 38.2 Å². The first-order chi connectivity index (χ1) is 12.5. The minimum absolute atomic E-state index is 0.0792. The SMILES string of the molecule is CCCCNC(=O)NC(=O)CSc1nnc(-c2ccc(OC)cc2)n1C. The molecule has 0 unspecified atom stereocenters. The van der Waals surface area contributed by atoms with Crippen LogP contribution in [0.1, 0.15) is 19.8 Å². The van der Waals surface area contributed by atoms with Gasteiger partial charge in [0.2, 0.25) is 5.91 Å². The van der Waals surface area contributed by atoms with Gasteiger partial charge in [0.05, 0.1) is 12.9 Å². The lowest BCUT2D eigenvalue weighted by Gasteiger charge is -2.06. The number of imide groups is 1. The van der Waals surface area contributed by atoms with Gasteiger partial charge >= 0.3 is 6.03 Å². The number of nitrogens with one attached hydrogen (secondary N) is 2. The number of ether oxygens (including phenoxy) is 1. The molecular formula is C17H23N5O3S. The number of hydrogen-bond acceptors (Lipinski definition) is 6. The van der Waals surface area contributed by atoms with Crippen molar-refractivity contribution in [2.45, 2.75) is 24.9 Å². The molecule has 2 rings (SSSR count). The second kappa shape index (κ2) is 9.81. The highest BCUT2D eigenvalue weighted by molar-refractivity contribution is 7.99. The van der Waals surface area contributed by atoms with Crippen LogP contribution in [-0.4, -0.2) is 46.1 Å². The second-order valence-electron chi connectivity index (χ2n) is 5.54. The molecule has 8 nitrogen and oxygen atoms in total. The van der Waals surface area contributed by atoms with Crippen molar-refractivity contribution in [3.8, 4) is 17.1 Å². The summed E-state index contributed by atoms with van der Waals surface area (Å²) in [5.41, 5.74) is 0.896. The maximum atomic E-state index is 11.9. The van der Waals surface area contributed by atoms with Crippen LogP contribution < -0.4 is 15.4 Å². The van der Waals surface area contributed by atoms with Gasteiger partial charge in [0.25, 0.3) is 0 Å². The molecule has 26 heavy (non-hydrogen) atoms. The molecule has 3 amide bonds. The molecule has 0 atom stereocenters. The third kappa shape index (κ3) is 5.48. The van der Waals surface area contributed by atoms with Crippen LogP contribution in [0.5, 0.6) is 5.75 Å². The molecule has 140 valence electrons. The van der Waals surface area contributed by atoms with Crippen LogP contribution in [0.4, 0.5) is 4.79 Å². The van der Waals surface area contributed by atoms with E-state index in [0.29, 0.717) is 17.5 Å². The first-order valence-corrected chi connectivity index (χ1v) is 9.28. The Balaban J connectivity index is 1.89. The highest BCUT2D eigenvalue weighted by atomic mass is 32.2. The molecule has 0 fully saturated rings. The van der Waals surface area contributed by atoms with E-state index in [1.165, 1.54) is 11.8 Å². The predicted molar refractivity (Wildman–Crippen MR) is 100 cm³/mol. The van der Waals surface area contributed by atoms with E-state index in [1.54, 1.807) is 11.7 Å². The lowest BCUT2D eigenvalue weighted by Crippen LogP contribution is -2.40. The minimum Gasteiger partial charge on any atom is -0.497 e. The van der Waals surface area contributed by atoms with E-state index in [9.17, 15) is 9.59 Å². The number of unbranched alkanes of at least 4 members (excludes halogenated alkanes) is 1. The summed E-state index contributed by atoms with van der Waals surface area (Å²) in [5.74, 6) is 1.15. The summed E-state index contributed by atoms with van der Waals surface area (Å²) < 4.78 is 6.95. The van der Waals surface area contributed by atoms with Gasteiger partial charge in [0, 0.05) is 19.2 Å². The molecule has 9 heteroatoms. The Kier molecular flexibility index (Phi) is 7.46. The Morgan fingerprint density at radius 3 is 2.62 bits per heavy atom. The van der Waals surface area contributed by atoms with Gasteiger partial charge in [-0.05, 0) is 30.7 Å². The number of nitrogens with zero attached hydrogens (tertiary/aromatic N) is 3. The van der Waals surface area contributed by atoms with E-state index < -0.39 is 6.03 Å². The standard InChI is InChI=1S/C17H23N5O3S/c1-4-5-10-18-16(24)19-14(23)11-26-17-21-20-15(22(17)2)12-6-8-13(25-3)9-7-12/h6-9H,4-5,10-11H2,1-3H3,(H2,18,19,23,24). The molecule has 0 saturated heterocycles. The first kappa shape index (κ1) is 19.8. The smallest absolute Gasteiger partial charge is 0.321 e. The summed E-state index contributed by atoms with van der Waals surface area (Å²) in [6, 6.07) is 7.01. The van der Waals surface area contributed by atoms with Crippen molar-refractivity contribution in [1.82, 2.24) is 25.4 Å². The molecule has 2 aromatic rings. The zero-order valence-corrected chi connectivity index (χ0v) is 15.9. The van der Waals surface area contributed by atoms with Gasteiger partial charge < -0.3 is 14.6 Å². The van der Waals surface area contributed by atoms with E-state index in [4.69, 9.17) is 4.74 Å². The molecule has 0 saturated carbocycles. The minimum atomic E-state index is -0.471. The summed E-state index contributed by atoms with van der Waals surface area (Å²) in [7, 11) is 3.44. The zero-order valence-electron chi connectivity index (χ0n) is 15.1. The normalized spacial score (nSPS) is 10.4. The fraction of sp³-hybridized carbons (Fsp3) is 0.412. The topological polar surface area (TPSA) is 98.1 Å². The number of carbonyl (C=O) groups is 2. The van der Waals surface area contributed by atoms with Gasteiger partial charge in [-0.1, -0.05) is 25.1 Å². The number of aromatic nitrogens is 3. The van der Waals surface area contributed by atoms with Crippen molar-refractivity contribution in [3.05, 3.63) is 24.3 Å². The summed E-state index contributed by atoms with van der Waals surface area (Å²) >= 11 is 1.22. The Labute approximate surface area is 156 Å². The average Bonchev–Trinajstić information content (AvgIpc) is 3.01. The van der Waals surface area contributed by atoms with Crippen LogP contribution >= 0.6 is 11.8 Å². The fourth-order valence-corrected chi connectivity index (χ4v) is 2.86. The molecule has 1 aromatic carbocycles. The van der Waals surface area contributed by atoms with E-state index in [2.05, 4.69) is 20.8 Å². The molecular weight excluding hydrogens is 354 g/mol. The predicted octanol–water partition coefficient (Wildman–Crippen LogP) is 2.21. The van der Waals surface area contributed by atoms with Crippen LogP contribution in [0.3, 0.4) is 0 Å². The number of amides is 3. The van der Waals surface area contributed by atoms with Gasteiger partial charge in [-0.15, -0.1) is 10.2 Å². The van der Waals surface area contributed by atoms with Crippen molar-refractivity contribution in [3.63, 3.8) is 0 Å². The number of rotatable bonds is 8. The van der Waals surface area contributed by atoms with Crippen molar-refractivity contribution in [2.75, 3.05) is 19.4 Å². The Hall–Kier alpha value is -2.55. The lowest BCUT2D eigenvalue weighted by molar-refractivity contribution is -0.117. The van der Waals surface area contributed by atoms with E-state index in [0.717, 1.165) is 24.2 Å². The van der Waals surface area contributed by atoms with Crippen LogP contribution in [0, 0.1) is 0 Å². The Bertz CT molecular complexity index is 745. The largest absolute Gasteiger partial charge is 0.497 e. The fourth-order valence-electron chi connectivity index (χ4n) is 2.15. The molecule has 0 aliphatic rings. The number of carbonyl (C=O) groups excluding carboxylic acids is 2. The van der Waals surface area contributed by atoms with Gasteiger partial charge in [-0.3, -0.25) is 10.1 Å². The molecule has 1 heterocycles. The highest BCUT2D eigenvalue weighted by Gasteiger charge is 2.14. The van der Waals surface area contributed by atoms with Crippen molar-refractivity contribution in [2.24, 2.45) is 7.05 Å². The highest BCUT2D eigenvalue weighted by Crippen LogP contribution is 2.24. The van der Waals surface area contributed by atoms with Crippen LogP contribution in [-0.2, 0) is 11.8 Å². The Morgan fingerprint density at radius 1 is 1.23 bits per heavy atom. The maximum absolute atomic E-state index is 11.9. The first-order valence-electron chi connectivity index (χ1n) is 8.29. The molecule has 0 bridgehead atoms. The van der Waals surface area contributed by atoms with Crippen LogP contribution in [0.2, 0.25) is 0 Å². The van der Waals surface area contributed by atoms with Crippen LogP contribution in [0.25, 0.3) is 11.4 Å². The van der Waals surface area contributed by atoms with Crippen LogP contribution in [0.15, 0.2) is 29.4 Å². The lowest BCUT2D eigenvalue weighted by atomic mass is 10.2. The number of methoxy groups -OCH3 is 1. The summed E-state index contributed by atoms with van der Waals surface area (Å²) in [4.78, 5) is 23.4. The maximum Gasteiger partial charge on any atom is 0.321 e. The van der Waals surface area contributed by atoms with Gasteiger partial charge in [-0.2, -0.15) is 0 Å². The monoisotopic (exact) mass is 377 g/mol. The quantitative estimate of drug-likeness (QED) is 0.541. The molecule has 0 radical (unpaired) electrons. The molecule has 0 aliphatic heterocycles. The second-order valence-corrected chi connectivity index (χ2v) is 6.48. The summed E-state index contributed by atoms with van der Waals surface area (Å²) in [6.07, 6.45) is 1.86. The Morgan fingerprint density at radius 2 is 1.96 bits per heavy atom. The number of benzene rings is 1. The zero-order chi connectivity index (χ0) is 18.9. The van der Waals surface area contributed by atoms with Gasteiger partial charge in [-0.25, -0.2) is 4.79 Å². The number of urea groups is 1. The summed E-state index contributed by atoms with van der Waals surface area (Å²) in [5, 5.41) is 13.8. The third-order valence-corrected chi connectivity index (χ3v) is 4.60. The molecule has 0 spiro atoms. The van der Waals surface area contributed by atoms with Crippen molar-refractivity contribution in [1.29, 1.82) is 0 Å². The number of hydrogen-bond donors (Lipinski definition) is 2. The molecule has 0 aliphatic carbocycles. The van der Waals surface area contributed by atoms with E-state index in [-0.39, 0.29) is 11.7 Å².